The smallest absolute Gasteiger partial charge is 0.000462 e. The SMILES string of the molecule is CC(C)=CCCC(C)=CCCCCI. The van der Waals surface area contributed by atoms with Gasteiger partial charge in [-0.2, -0.15) is 0 Å². The molecular weight excluding hydrogens is 283 g/mol. The third kappa shape index (κ3) is 10.3. The van der Waals surface area contributed by atoms with Crippen LogP contribution in [0.25, 0.3) is 0 Å². The molecule has 0 spiro atoms. The summed E-state index contributed by atoms with van der Waals surface area (Å²) >= 11 is 2.45. The molecule has 0 saturated heterocycles. The number of unbranched alkanes of at least 4 members (excludes halogenated alkanes) is 2. The van der Waals surface area contributed by atoms with E-state index in [-0.39, 0.29) is 0 Å². The lowest BCUT2D eigenvalue weighted by Gasteiger charge is -1.99. The number of hydrogen-bond donors (Lipinski definition) is 0. The molecule has 0 heterocycles. The van der Waals surface area contributed by atoms with Crippen molar-refractivity contribution < 1.29 is 0 Å². The average molecular weight is 306 g/mol. The second kappa shape index (κ2) is 9.75. The van der Waals surface area contributed by atoms with Crippen LogP contribution in [0.1, 0.15) is 52.9 Å². The van der Waals surface area contributed by atoms with Crippen molar-refractivity contribution in [1.29, 1.82) is 0 Å². The van der Waals surface area contributed by atoms with Crippen molar-refractivity contribution in [2.75, 3.05) is 4.43 Å². The van der Waals surface area contributed by atoms with Gasteiger partial charge in [-0.05, 0) is 57.3 Å². The third-order valence-electron chi connectivity index (χ3n) is 2.17. The van der Waals surface area contributed by atoms with E-state index in [9.17, 15) is 0 Å². The van der Waals surface area contributed by atoms with E-state index in [1.54, 1.807) is 5.57 Å². The number of halogens is 1. The molecule has 0 rings (SSSR count). The Balaban J connectivity index is 3.52. The molecule has 0 bridgehead atoms. The molecule has 0 aliphatic carbocycles. The Morgan fingerprint density at radius 2 is 1.71 bits per heavy atom. The molecule has 0 atom stereocenters. The number of allylic oxidation sites excluding steroid dienone is 4. The number of hydrogen-bond acceptors (Lipinski definition) is 0. The van der Waals surface area contributed by atoms with Gasteiger partial charge in [0, 0.05) is 0 Å². The topological polar surface area (TPSA) is 0 Å². The van der Waals surface area contributed by atoms with Gasteiger partial charge >= 0.3 is 0 Å². The molecule has 0 aromatic heterocycles. The standard InChI is InChI=1S/C13H23I/c1-12(2)8-7-10-13(3)9-5-4-6-11-14/h8-9H,4-7,10-11H2,1-3H3. The predicted molar refractivity (Wildman–Crippen MR) is 75.2 cm³/mol. The van der Waals surface area contributed by atoms with Crippen molar-refractivity contribution in [2.45, 2.75) is 52.9 Å². The highest BCUT2D eigenvalue weighted by molar-refractivity contribution is 14.1. The van der Waals surface area contributed by atoms with Crippen LogP contribution in [-0.4, -0.2) is 4.43 Å². The Hall–Kier alpha value is 0.210. The molecule has 0 saturated carbocycles. The maximum absolute atomic E-state index is 2.45. The van der Waals surface area contributed by atoms with Gasteiger partial charge in [0.05, 0.1) is 0 Å². The summed E-state index contributed by atoms with van der Waals surface area (Å²) in [4.78, 5) is 0. The Labute approximate surface area is 103 Å². The summed E-state index contributed by atoms with van der Waals surface area (Å²) in [6.07, 6.45) is 11.1. The van der Waals surface area contributed by atoms with E-state index < -0.39 is 0 Å². The van der Waals surface area contributed by atoms with E-state index in [1.807, 2.05) is 0 Å². The first-order chi connectivity index (χ1) is 6.66. The van der Waals surface area contributed by atoms with Gasteiger partial charge in [0.15, 0.2) is 0 Å². The predicted octanol–water partition coefficient (Wildman–Crippen LogP) is 5.28. The fourth-order valence-electron chi connectivity index (χ4n) is 1.28. The molecule has 0 aliphatic heterocycles. The molecule has 14 heavy (non-hydrogen) atoms. The van der Waals surface area contributed by atoms with Crippen molar-refractivity contribution in [3.05, 3.63) is 23.3 Å². The van der Waals surface area contributed by atoms with Crippen LogP contribution in [0.2, 0.25) is 0 Å². The minimum Gasteiger partial charge on any atom is -0.0864 e. The van der Waals surface area contributed by atoms with Gasteiger partial charge in [0.25, 0.3) is 0 Å². The van der Waals surface area contributed by atoms with Gasteiger partial charge in [-0.25, -0.2) is 0 Å². The first-order valence-corrected chi connectivity index (χ1v) is 7.04. The van der Waals surface area contributed by atoms with E-state index in [0.29, 0.717) is 0 Å². The minimum absolute atomic E-state index is 1.21. The summed E-state index contributed by atoms with van der Waals surface area (Å²) in [6, 6.07) is 0. The van der Waals surface area contributed by atoms with Gasteiger partial charge in [-0.1, -0.05) is 45.9 Å². The van der Waals surface area contributed by atoms with Crippen molar-refractivity contribution in [3.63, 3.8) is 0 Å². The minimum atomic E-state index is 1.21. The molecule has 0 N–H and O–H groups in total. The summed E-state index contributed by atoms with van der Waals surface area (Å²) < 4.78 is 1.29. The van der Waals surface area contributed by atoms with E-state index in [4.69, 9.17) is 0 Å². The van der Waals surface area contributed by atoms with Crippen LogP contribution in [0.4, 0.5) is 0 Å². The largest absolute Gasteiger partial charge is 0.0864 e. The molecule has 0 aliphatic rings. The average Bonchev–Trinajstić information content (AvgIpc) is 2.12. The Morgan fingerprint density at radius 1 is 1.00 bits per heavy atom. The Bertz CT molecular complexity index is 185. The highest BCUT2D eigenvalue weighted by atomic mass is 127. The summed E-state index contributed by atoms with van der Waals surface area (Å²) in [7, 11) is 0. The first kappa shape index (κ1) is 14.2. The highest BCUT2D eigenvalue weighted by Gasteiger charge is 1.89. The fraction of sp³-hybridized carbons (Fsp3) is 0.692. The van der Waals surface area contributed by atoms with E-state index >= 15 is 0 Å². The molecular formula is C13H23I. The molecule has 82 valence electrons. The van der Waals surface area contributed by atoms with Crippen LogP contribution in [0.5, 0.6) is 0 Å². The lowest BCUT2D eigenvalue weighted by atomic mass is 10.1. The van der Waals surface area contributed by atoms with Crippen molar-refractivity contribution in [2.24, 2.45) is 0 Å². The monoisotopic (exact) mass is 306 g/mol. The maximum Gasteiger partial charge on any atom is -0.000462 e. The zero-order valence-electron chi connectivity index (χ0n) is 9.78. The van der Waals surface area contributed by atoms with E-state index in [1.165, 1.54) is 42.1 Å². The summed E-state index contributed by atoms with van der Waals surface area (Å²) in [5.74, 6) is 0. The van der Waals surface area contributed by atoms with Crippen LogP contribution in [-0.2, 0) is 0 Å². The zero-order chi connectivity index (χ0) is 10.8. The molecule has 0 unspecified atom stereocenters. The second-order valence-electron chi connectivity index (χ2n) is 4.06. The molecule has 0 aromatic rings. The van der Waals surface area contributed by atoms with Gasteiger partial charge in [0.1, 0.15) is 0 Å². The molecule has 1 heteroatoms. The number of rotatable bonds is 7. The summed E-state index contributed by atoms with van der Waals surface area (Å²) in [5, 5.41) is 0. The van der Waals surface area contributed by atoms with Crippen LogP contribution < -0.4 is 0 Å². The Kier molecular flexibility index (Phi) is 9.90. The van der Waals surface area contributed by atoms with Crippen LogP contribution in [0.15, 0.2) is 23.3 Å². The van der Waals surface area contributed by atoms with E-state index in [0.717, 1.165) is 0 Å². The molecule has 0 fully saturated rings. The van der Waals surface area contributed by atoms with Gasteiger partial charge in [-0.3, -0.25) is 0 Å². The molecule has 0 nitrogen and oxygen atoms in total. The van der Waals surface area contributed by atoms with E-state index in [2.05, 4.69) is 55.5 Å². The molecule has 0 aromatic carbocycles. The lowest BCUT2D eigenvalue weighted by molar-refractivity contribution is 0.818. The maximum atomic E-state index is 2.45. The zero-order valence-corrected chi connectivity index (χ0v) is 11.9. The van der Waals surface area contributed by atoms with Crippen LogP contribution in [0.3, 0.4) is 0 Å². The van der Waals surface area contributed by atoms with Crippen molar-refractivity contribution >= 4 is 22.6 Å². The molecule has 0 radical (unpaired) electrons. The van der Waals surface area contributed by atoms with Crippen molar-refractivity contribution in [3.8, 4) is 0 Å². The fourth-order valence-corrected chi connectivity index (χ4v) is 1.82. The Morgan fingerprint density at radius 3 is 2.29 bits per heavy atom. The van der Waals surface area contributed by atoms with Gasteiger partial charge < -0.3 is 0 Å². The van der Waals surface area contributed by atoms with Gasteiger partial charge in [0.2, 0.25) is 0 Å². The van der Waals surface area contributed by atoms with Gasteiger partial charge in [-0.15, -0.1) is 0 Å². The third-order valence-corrected chi connectivity index (χ3v) is 2.93. The van der Waals surface area contributed by atoms with Crippen LogP contribution in [0, 0.1) is 0 Å². The highest BCUT2D eigenvalue weighted by Crippen LogP contribution is 2.09. The number of alkyl halides is 1. The first-order valence-electron chi connectivity index (χ1n) is 5.51. The normalized spacial score (nSPS) is 11.6. The lowest BCUT2D eigenvalue weighted by Crippen LogP contribution is -1.79. The van der Waals surface area contributed by atoms with Crippen molar-refractivity contribution in [1.82, 2.24) is 0 Å². The second-order valence-corrected chi connectivity index (χ2v) is 5.13. The summed E-state index contributed by atoms with van der Waals surface area (Å²) in [5.41, 5.74) is 2.98. The molecule has 0 amide bonds. The van der Waals surface area contributed by atoms with Crippen LogP contribution >= 0.6 is 22.6 Å². The quantitative estimate of drug-likeness (QED) is 0.260. The summed E-state index contributed by atoms with van der Waals surface area (Å²) in [6.45, 7) is 6.59.